The van der Waals surface area contributed by atoms with Gasteiger partial charge in [-0.25, -0.2) is 4.98 Å². The smallest absolute Gasteiger partial charge is 0.224 e. The summed E-state index contributed by atoms with van der Waals surface area (Å²) in [6.45, 7) is 8.45. The van der Waals surface area contributed by atoms with Crippen molar-refractivity contribution in [3.8, 4) is 0 Å². The van der Waals surface area contributed by atoms with Crippen LogP contribution < -0.4 is 10.6 Å². The van der Waals surface area contributed by atoms with Gasteiger partial charge in [-0.15, -0.1) is 0 Å². The third kappa shape index (κ3) is 5.87. The van der Waals surface area contributed by atoms with Gasteiger partial charge < -0.3 is 15.5 Å². The van der Waals surface area contributed by atoms with Gasteiger partial charge in [-0.3, -0.25) is 0 Å². The summed E-state index contributed by atoms with van der Waals surface area (Å²) in [5.41, 5.74) is 0. The molecule has 0 radical (unpaired) electrons. The van der Waals surface area contributed by atoms with Gasteiger partial charge in [-0.2, -0.15) is 4.98 Å². The standard InChI is InChI=1S/C14H27N5/c1-6-8-15-14-16-9-7-13(18-14)17-12(11(2)3)10-19(4)5/h7,9,11-12H,6,8,10H2,1-5H3,(H2,15,16,17,18). The van der Waals surface area contributed by atoms with Crippen LogP contribution in [0.3, 0.4) is 0 Å². The summed E-state index contributed by atoms with van der Waals surface area (Å²) >= 11 is 0. The zero-order valence-electron chi connectivity index (χ0n) is 12.8. The first-order valence-corrected chi connectivity index (χ1v) is 7.01. The van der Waals surface area contributed by atoms with Crippen LogP contribution in [-0.4, -0.2) is 48.1 Å². The summed E-state index contributed by atoms with van der Waals surface area (Å²) in [6.07, 6.45) is 2.86. The molecule has 2 N–H and O–H groups in total. The lowest BCUT2D eigenvalue weighted by Gasteiger charge is -2.26. The number of aromatic nitrogens is 2. The Kier molecular flexibility index (Phi) is 6.56. The van der Waals surface area contributed by atoms with E-state index in [4.69, 9.17) is 0 Å². The van der Waals surface area contributed by atoms with Crippen LogP contribution in [0.15, 0.2) is 12.3 Å². The molecule has 108 valence electrons. The third-order valence-electron chi connectivity index (χ3n) is 2.89. The van der Waals surface area contributed by atoms with E-state index in [0.29, 0.717) is 17.9 Å². The Morgan fingerprint density at radius 2 is 2.05 bits per heavy atom. The monoisotopic (exact) mass is 265 g/mol. The van der Waals surface area contributed by atoms with Crippen LogP contribution in [0.5, 0.6) is 0 Å². The summed E-state index contributed by atoms with van der Waals surface area (Å²) in [6, 6.07) is 2.30. The average molecular weight is 265 g/mol. The molecule has 0 aromatic carbocycles. The fraction of sp³-hybridized carbons (Fsp3) is 0.714. The molecule has 0 spiro atoms. The van der Waals surface area contributed by atoms with E-state index in [9.17, 15) is 0 Å². The SMILES string of the molecule is CCCNc1nccc(NC(CN(C)C)C(C)C)n1. The zero-order valence-corrected chi connectivity index (χ0v) is 12.8. The van der Waals surface area contributed by atoms with Gasteiger partial charge in [0.15, 0.2) is 0 Å². The van der Waals surface area contributed by atoms with Crippen molar-refractivity contribution in [1.29, 1.82) is 0 Å². The second kappa shape index (κ2) is 7.94. The molecule has 1 atom stereocenters. The van der Waals surface area contributed by atoms with Crippen LogP contribution in [0, 0.1) is 5.92 Å². The minimum Gasteiger partial charge on any atom is -0.366 e. The highest BCUT2D eigenvalue weighted by atomic mass is 15.2. The summed E-state index contributed by atoms with van der Waals surface area (Å²) < 4.78 is 0. The van der Waals surface area contributed by atoms with E-state index in [-0.39, 0.29) is 0 Å². The molecule has 0 bridgehead atoms. The molecule has 1 rings (SSSR count). The first kappa shape index (κ1) is 15.7. The molecule has 5 heteroatoms. The number of nitrogens with one attached hydrogen (secondary N) is 2. The van der Waals surface area contributed by atoms with Crippen LogP contribution in [0.2, 0.25) is 0 Å². The predicted octanol–water partition coefficient (Wildman–Crippen LogP) is 2.30. The van der Waals surface area contributed by atoms with Crippen molar-refractivity contribution in [3.05, 3.63) is 12.3 Å². The van der Waals surface area contributed by atoms with Gasteiger partial charge >= 0.3 is 0 Å². The van der Waals surface area contributed by atoms with Gasteiger partial charge in [0.25, 0.3) is 0 Å². The highest BCUT2D eigenvalue weighted by Crippen LogP contribution is 2.12. The summed E-state index contributed by atoms with van der Waals surface area (Å²) in [5, 5.41) is 6.70. The van der Waals surface area contributed by atoms with E-state index in [0.717, 1.165) is 25.3 Å². The highest BCUT2D eigenvalue weighted by Gasteiger charge is 2.14. The Hall–Kier alpha value is -1.36. The number of hydrogen-bond acceptors (Lipinski definition) is 5. The lowest BCUT2D eigenvalue weighted by molar-refractivity contribution is 0.344. The number of nitrogens with zero attached hydrogens (tertiary/aromatic N) is 3. The number of rotatable bonds is 8. The molecule has 0 aliphatic rings. The minimum atomic E-state index is 0.379. The Balaban J connectivity index is 2.67. The number of hydrogen-bond donors (Lipinski definition) is 2. The van der Waals surface area contributed by atoms with Crippen molar-refractivity contribution < 1.29 is 0 Å². The van der Waals surface area contributed by atoms with Gasteiger partial charge in [0.1, 0.15) is 5.82 Å². The van der Waals surface area contributed by atoms with Crippen LogP contribution in [-0.2, 0) is 0 Å². The summed E-state index contributed by atoms with van der Waals surface area (Å²) in [4.78, 5) is 10.9. The molecule has 0 aliphatic carbocycles. The molecule has 19 heavy (non-hydrogen) atoms. The average Bonchev–Trinajstić information content (AvgIpc) is 2.35. The van der Waals surface area contributed by atoms with Gasteiger partial charge in [-0.05, 0) is 32.5 Å². The molecular formula is C14H27N5. The first-order chi connectivity index (χ1) is 9.02. The van der Waals surface area contributed by atoms with Gasteiger partial charge in [0.2, 0.25) is 5.95 Å². The van der Waals surface area contributed by atoms with Crippen molar-refractivity contribution >= 4 is 11.8 Å². The first-order valence-electron chi connectivity index (χ1n) is 7.01. The second-order valence-electron chi connectivity index (χ2n) is 5.45. The third-order valence-corrected chi connectivity index (χ3v) is 2.89. The van der Waals surface area contributed by atoms with Gasteiger partial charge in [0.05, 0.1) is 0 Å². The van der Waals surface area contributed by atoms with E-state index < -0.39 is 0 Å². The van der Waals surface area contributed by atoms with Crippen LogP contribution in [0.4, 0.5) is 11.8 Å². The normalized spacial score (nSPS) is 12.8. The molecule has 0 aliphatic heterocycles. The fourth-order valence-corrected chi connectivity index (χ4v) is 1.77. The van der Waals surface area contributed by atoms with Crippen molar-refractivity contribution in [2.45, 2.75) is 33.2 Å². The van der Waals surface area contributed by atoms with E-state index >= 15 is 0 Å². The number of anilines is 2. The van der Waals surface area contributed by atoms with E-state index in [1.807, 2.05) is 6.07 Å². The maximum atomic E-state index is 4.49. The Morgan fingerprint density at radius 1 is 1.32 bits per heavy atom. The van der Waals surface area contributed by atoms with E-state index in [2.05, 4.69) is 60.4 Å². The lowest BCUT2D eigenvalue weighted by atomic mass is 10.0. The maximum absolute atomic E-state index is 4.49. The Labute approximate surface area is 116 Å². The molecule has 0 saturated heterocycles. The van der Waals surface area contributed by atoms with Crippen molar-refractivity contribution in [3.63, 3.8) is 0 Å². The fourth-order valence-electron chi connectivity index (χ4n) is 1.77. The van der Waals surface area contributed by atoms with Crippen LogP contribution in [0.1, 0.15) is 27.2 Å². The quantitative estimate of drug-likeness (QED) is 0.755. The number of likely N-dealkylation sites (N-methyl/N-ethyl adjacent to an activating group) is 1. The molecule has 5 nitrogen and oxygen atoms in total. The molecule has 1 aromatic rings. The molecule has 0 fully saturated rings. The van der Waals surface area contributed by atoms with Gasteiger partial charge in [-0.1, -0.05) is 20.8 Å². The highest BCUT2D eigenvalue weighted by molar-refractivity contribution is 5.40. The van der Waals surface area contributed by atoms with Crippen molar-refractivity contribution in [2.24, 2.45) is 5.92 Å². The Bertz CT molecular complexity index is 365. The second-order valence-corrected chi connectivity index (χ2v) is 5.45. The lowest BCUT2D eigenvalue weighted by Crippen LogP contribution is -2.36. The molecule has 0 saturated carbocycles. The predicted molar refractivity (Wildman–Crippen MR) is 81.6 cm³/mol. The minimum absolute atomic E-state index is 0.379. The molecule has 1 heterocycles. The van der Waals surface area contributed by atoms with Crippen LogP contribution in [0.25, 0.3) is 0 Å². The van der Waals surface area contributed by atoms with Crippen LogP contribution >= 0.6 is 0 Å². The summed E-state index contributed by atoms with van der Waals surface area (Å²) in [5.74, 6) is 2.12. The van der Waals surface area contributed by atoms with E-state index in [1.54, 1.807) is 6.20 Å². The van der Waals surface area contributed by atoms with Gasteiger partial charge in [0, 0.05) is 25.3 Å². The van der Waals surface area contributed by atoms with Crippen molar-refractivity contribution in [1.82, 2.24) is 14.9 Å². The van der Waals surface area contributed by atoms with Crippen molar-refractivity contribution in [2.75, 3.05) is 37.8 Å². The maximum Gasteiger partial charge on any atom is 0.224 e. The Morgan fingerprint density at radius 3 is 2.63 bits per heavy atom. The molecule has 1 aromatic heterocycles. The molecule has 0 amide bonds. The molecule has 1 unspecified atom stereocenters. The summed E-state index contributed by atoms with van der Waals surface area (Å²) in [7, 11) is 4.18. The topological polar surface area (TPSA) is 53.1 Å². The van der Waals surface area contributed by atoms with E-state index in [1.165, 1.54) is 0 Å². The zero-order chi connectivity index (χ0) is 14.3. The molecular weight excluding hydrogens is 238 g/mol. The largest absolute Gasteiger partial charge is 0.366 e.